The zero-order chi connectivity index (χ0) is 10.4. The third kappa shape index (κ3) is 2.86. The van der Waals surface area contributed by atoms with Crippen LogP contribution in [0.1, 0.15) is 5.56 Å². The van der Waals surface area contributed by atoms with Gasteiger partial charge in [-0.1, -0.05) is 49.6 Å². The number of benzene rings is 1. The molecule has 1 nitrogen and oxygen atoms in total. The summed E-state index contributed by atoms with van der Waals surface area (Å²) < 4.78 is 5.34. The predicted octanol–water partition coefficient (Wildman–Crippen LogP) is 2.99. The van der Waals surface area contributed by atoms with Crippen molar-refractivity contribution in [3.8, 4) is 0 Å². The molecule has 0 saturated carbocycles. The van der Waals surface area contributed by atoms with E-state index in [9.17, 15) is 0 Å². The Morgan fingerprint density at radius 2 is 2.07 bits per heavy atom. The Bertz CT molecular complexity index is 300. The van der Waals surface area contributed by atoms with Crippen molar-refractivity contribution in [3.05, 3.63) is 60.7 Å². The maximum Gasteiger partial charge on any atom is 0.0855 e. The van der Waals surface area contributed by atoms with Gasteiger partial charge in [0.15, 0.2) is 0 Å². The second kappa shape index (κ2) is 5.40. The van der Waals surface area contributed by atoms with Crippen LogP contribution >= 0.6 is 0 Å². The molecule has 0 N–H and O–H groups in total. The van der Waals surface area contributed by atoms with Gasteiger partial charge in [0.25, 0.3) is 0 Å². The topological polar surface area (TPSA) is 9.23 Å². The van der Waals surface area contributed by atoms with Crippen LogP contribution < -0.4 is 0 Å². The maximum atomic E-state index is 5.34. The van der Waals surface area contributed by atoms with Gasteiger partial charge in [-0.25, -0.2) is 0 Å². The fourth-order valence-electron chi connectivity index (χ4n) is 1.33. The summed E-state index contributed by atoms with van der Waals surface area (Å²) in [6.07, 6.45) is 2.63. The molecule has 1 aromatic rings. The summed E-state index contributed by atoms with van der Waals surface area (Å²) in [5, 5.41) is 0. The molecule has 0 amide bonds. The standard InChI is InChI=1S/C13H16O/c1-4-11(2)13(14-3)10-12-8-6-5-7-9-12/h4-9,13H,1-2,10H2,3H3. The summed E-state index contributed by atoms with van der Waals surface area (Å²) in [6, 6.07) is 10.2. The highest BCUT2D eigenvalue weighted by atomic mass is 16.5. The Labute approximate surface area is 85.7 Å². The van der Waals surface area contributed by atoms with E-state index in [4.69, 9.17) is 4.74 Å². The first kappa shape index (κ1) is 10.7. The van der Waals surface area contributed by atoms with E-state index in [2.05, 4.69) is 25.3 Å². The van der Waals surface area contributed by atoms with E-state index < -0.39 is 0 Å². The van der Waals surface area contributed by atoms with Crippen LogP contribution in [-0.2, 0) is 11.2 Å². The molecule has 1 heteroatoms. The monoisotopic (exact) mass is 188 g/mol. The first-order valence-corrected chi connectivity index (χ1v) is 4.66. The summed E-state index contributed by atoms with van der Waals surface area (Å²) in [4.78, 5) is 0. The third-order valence-corrected chi connectivity index (χ3v) is 2.22. The second-order valence-electron chi connectivity index (χ2n) is 3.19. The molecule has 1 atom stereocenters. The van der Waals surface area contributed by atoms with E-state index in [1.807, 2.05) is 18.2 Å². The Hall–Kier alpha value is -1.34. The van der Waals surface area contributed by atoms with Gasteiger partial charge in [0.05, 0.1) is 6.10 Å². The molecule has 0 saturated heterocycles. The highest BCUT2D eigenvalue weighted by Crippen LogP contribution is 2.12. The summed E-state index contributed by atoms with van der Waals surface area (Å²) in [7, 11) is 1.70. The van der Waals surface area contributed by atoms with E-state index >= 15 is 0 Å². The van der Waals surface area contributed by atoms with E-state index in [1.165, 1.54) is 5.56 Å². The molecule has 1 aromatic carbocycles. The summed E-state index contributed by atoms with van der Waals surface area (Å²) in [5.41, 5.74) is 2.18. The van der Waals surface area contributed by atoms with Crippen molar-refractivity contribution in [1.29, 1.82) is 0 Å². The van der Waals surface area contributed by atoms with E-state index in [0.717, 1.165) is 12.0 Å². The average Bonchev–Trinajstić information content (AvgIpc) is 2.26. The molecule has 0 aliphatic carbocycles. The molecule has 0 aliphatic heterocycles. The minimum Gasteiger partial charge on any atom is -0.376 e. The Kier molecular flexibility index (Phi) is 4.14. The van der Waals surface area contributed by atoms with Gasteiger partial charge in [-0.3, -0.25) is 0 Å². The van der Waals surface area contributed by atoms with Gasteiger partial charge in [-0.2, -0.15) is 0 Å². The summed E-state index contributed by atoms with van der Waals surface area (Å²) in [6.45, 7) is 7.59. The van der Waals surface area contributed by atoms with Crippen LogP contribution in [0.4, 0.5) is 0 Å². The van der Waals surface area contributed by atoms with Crippen LogP contribution in [0.15, 0.2) is 55.1 Å². The van der Waals surface area contributed by atoms with Crippen molar-refractivity contribution < 1.29 is 4.74 Å². The minimum absolute atomic E-state index is 0.0369. The van der Waals surface area contributed by atoms with Crippen molar-refractivity contribution in [2.75, 3.05) is 7.11 Å². The largest absolute Gasteiger partial charge is 0.376 e. The lowest BCUT2D eigenvalue weighted by molar-refractivity contribution is 0.135. The number of methoxy groups -OCH3 is 1. The fourth-order valence-corrected chi connectivity index (χ4v) is 1.33. The van der Waals surface area contributed by atoms with Crippen molar-refractivity contribution in [1.82, 2.24) is 0 Å². The Morgan fingerprint density at radius 3 is 2.57 bits per heavy atom. The smallest absolute Gasteiger partial charge is 0.0855 e. The van der Waals surface area contributed by atoms with Crippen molar-refractivity contribution in [2.45, 2.75) is 12.5 Å². The number of hydrogen-bond acceptors (Lipinski definition) is 1. The average molecular weight is 188 g/mol. The summed E-state index contributed by atoms with van der Waals surface area (Å²) >= 11 is 0. The highest BCUT2D eigenvalue weighted by molar-refractivity contribution is 5.23. The first-order chi connectivity index (χ1) is 6.77. The molecule has 0 aliphatic rings. The summed E-state index contributed by atoms with van der Waals surface area (Å²) in [5.74, 6) is 0. The molecule has 74 valence electrons. The number of ether oxygens (including phenoxy) is 1. The quantitative estimate of drug-likeness (QED) is 0.645. The van der Waals surface area contributed by atoms with E-state index in [1.54, 1.807) is 13.2 Å². The normalized spacial score (nSPS) is 12.1. The SMILES string of the molecule is C=CC(=C)C(Cc1ccccc1)OC. The van der Waals surface area contributed by atoms with Crippen LogP contribution in [-0.4, -0.2) is 13.2 Å². The molecule has 0 aromatic heterocycles. The van der Waals surface area contributed by atoms with E-state index in [-0.39, 0.29) is 6.10 Å². The predicted molar refractivity (Wildman–Crippen MR) is 60.3 cm³/mol. The Balaban J connectivity index is 2.66. The maximum absolute atomic E-state index is 5.34. The molecule has 1 rings (SSSR count). The molecular weight excluding hydrogens is 172 g/mol. The fraction of sp³-hybridized carbons (Fsp3) is 0.231. The van der Waals surface area contributed by atoms with Crippen LogP contribution in [0, 0.1) is 0 Å². The van der Waals surface area contributed by atoms with Gasteiger partial charge >= 0.3 is 0 Å². The molecule has 0 bridgehead atoms. The van der Waals surface area contributed by atoms with Crippen LogP contribution in [0.2, 0.25) is 0 Å². The van der Waals surface area contributed by atoms with Gasteiger partial charge in [0.1, 0.15) is 0 Å². The van der Waals surface area contributed by atoms with E-state index in [0.29, 0.717) is 0 Å². The van der Waals surface area contributed by atoms with Crippen LogP contribution in [0.25, 0.3) is 0 Å². The van der Waals surface area contributed by atoms with Gasteiger partial charge in [-0.05, 0) is 11.1 Å². The second-order valence-corrected chi connectivity index (χ2v) is 3.19. The zero-order valence-corrected chi connectivity index (χ0v) is 8.57. The van der Waals surface area contributed by atoms with Crippen molar-refractivity contribution >= 4 is 0 Å². The number of hydrogen-bond donors (Lipinski definition) is 0. The molecule has 0 fully saturated rings. The molecule has 1 unspecified atom stereocenters. The van der Waals surface area contributed by atoms with Crippen LogP contribution in [0.5, 0.6) is 0 Å². The van der Waals surface area contributed by atoms with Gasteiger partial charge in [0.2, 0.25) is 0 Å². The lowest BCUT2D eigenvalue weighted by Gasteiger charge is -2.15. The van der Waals surface area contributed by atoms with Gasteiger partial charge in [0, 0.05) is 13.5 Å². The van der Waals surface area contributed by atoms with Gasteiger partial charge in [-0.15, -0.1) is 0 Å². The van der Waals surface area contributed by atoms with Crippen molar-refractivity contribution in [2.24, 2.45) is 0 Å². The first-order valence-electron chi connectivity index (χ1n) is 4.66. The van der Waals surface area contributed by atoms with Crippen molar-refractivity contribution in [3.63, 3.8) is 0 Å². The lowest BCUT2D eigenvalue weighted by Crippen LogP contribution is -2.15. The zero-order valence-electron chi connectivity index (χ0n) is 8.57. The third-order valence-electron chi connectivity index (χ3n) is 2.22. The molecule has 0 spiro atoms. The minimum atomic E-state index is 0.0369. The highest BCUT2D eigenvalue weighted by Gasteiger charge is 2.09. The molecule has 0 radical (unpaired) electrons. The van der Waals surface area contributed by atoms with Crippen LogP contribution in [0.3, 0.4) is 0 Å². The van der Waals surface area contributed by atoms with Gasteiger partial charge < -0.3 is 4.74 Å². The molecule has 0 heterocycles. The number of rotatable bonds is 5. The molecule has 14 heavy (non-hydrogen) atoms. The Morgan fingerprint density at radius 1 is 1.43 bits per heavy atom. The lowest BCUT2D eigenvalue weighted by atomic mass is 10.0. The molecular formula is C13H16O.